The van der Waals surface area contributed by atoms with Crippen LogP contribution in [0.4, 0.5) is 22.0 Å². The molecule has 1 aromatic carbocycles. The lowest BCUT2D eigenvalue weighted by Crippen LogP contribution is -2.33. The maximum absolute atomic E-state index is 13.0. The summed E-state index contributed by atoms with van der Waals surface area (Å²) in [7, 11) is 0. The smallest absolute Gasteiger partial charge is 0.191 e. The molecule has 1 rings (SSSR count). The number of benzene rings is 1. The monoisotopic (exact) mass is 252 g/mol. The van der Waals surface area contributed by atoms with E-state index in [9.17, 15) is 22.0 Å². The molecule has 1 aromatic rings. The summed E-state index contributed by atoms with van der Waals surface area (Å²) in [5.41, 5.74) is -0.480. The Morgan fingerprint density at radius 3 is 2.24 bits per heavy atom. The Bertz CT molecular complexity index is 367. The van der Waals surface area contributed by atoms with Crippen LogP contribution in [-0.4, -0.2) is 6.18 Å². The molecular formula is C12H13F5. The van der Waals surface area contributed by atoms with Gasteiger partial charge < -0.3 is 0 Å². The van der Waals surface area contributed by atoms with E-state index in [1.807, 2.05) is 6.92 Å². The Hall–Kier alpha value is -1.13. The van der Waals surface area contributed by atoms with Gasteiger partial charge in [-0.05, 0) is 24.5 Å². The molecule has 0 N–H and O–H groups in total. The van der Waals surface area contributed by atoms with Crippen molar-refractivity contribution < 1.29 is 22.0 Å². The second-order valence-electron chi connectivity index (χ2n) is 3.88. The molecule has 0 saturated carbocycles. The van der Waals surface area contributed by atoms with E-state index in [2.05, 4.69) is 0 Å². The fourth-order valence-corrected chi connectivity index (χ4v) is 1.47. The minimum atomic E-state index is -5.55. The lowest BCUT2D eigenvalue weighted by Gasteiger charge is -2.20. The van der Waals surface area contributed by atoms with Crippen molar-refractivity contribution >= 4 is 0 Å². The van der Waals surface area contributed by atoms with Crippen molar-refractivity contribution in [3.63, 3.8) is 0 Å². The first kappa shape index (κ1) is 13.9. The third-order valence-corrected chi connectivity index (χ3v) is 2.46. The van der Waals surface area contributed by atoms with E-state index in [1.54, 1.807) is 6.07 Å². The summed E-state index contributed by atoms with van der Waals surface area (Å²) < 4.78 is 62.5. The maximum Gasteiger partial charge on any atom is 0.458 e. The van der Waals surface area contributed by atoms with Crippen LogP contribution in [0.15, 0.2) is 24.3 Å². The zero-order valence-corrected chi connectivity index (χ0v) is 9.32. The van der Waals surface area contributed by atoms with Crippen LogP contribution in [0.25, 0.3) is 0 Å². The first-order chi connectivity index (χ1) is 7.79. The highest BCUT2D eigenvalue weighted by molar-refractivity contribution is 5.28. The van der Waals surface area contributed by atoms with Crippen LogP contribution < -0.4 is 0 Å². The van der Waals surface area contributed by atoms with E-state index < -0.39 is 17.7 Å². The molecule has 0 nitrogen and oxygen atoms in total. The highest BCUT2D eigenvalue weighted by atomic mass is 19.4. The van der Waals surface area contributed by atoms with Gasteiger partial charge in [0, 0.05) is 5.56 Å². The van der Waals surface area contributed by atoms with Crippen LogP contribution >= 0.6 is 0 Å². The van der Waals surface area contributed by atoms with Crippen molar-refractivity contribution in [1.82, 2.24) is 0 Å². The number of alkyl halides is 5. The van der Waals surface area contributed by atoms with E-state index in [-0.39, 0.29) is 0 Å². The summed E-state index contributed by atoms with van der Waals surface area (Å²) in [5, 5.41) is 0. The van der Waals surface area contributed by atoms with Gasteiger partial charge in [-0.1, -0.05) is 31.5 Å². The van der Waals surface area contributed by atoms with Crippen molar-refractivity contribution in [3.8, 4) is 0 Å². The van der Waals surface area contributed by atoms with Gasteiger partial charge >= 0.3 is 12.1 Å². The molecule has 0 bridgehead atoms. The SMILES string of the molecule is CCCCc1cccc(C(F)(F)C(F)(F)F)c1. The Labute approximate surface area is 96.4 Å². The van der Waals surface area contributed by atoms with Gasteiger partial charge in [0.15, 0.2) is 0 Å². The molecule has 0 aliphatic carbocycles. The Morgan fingerprint density at radius 2 is 1.71 bits per heavy atom. The second-order valence-corrected chi connectivity index (χ2v) is 3.88. The van der Waals surface area contributed by atoms with E-state index in [0.717, 1.165) is 25.0 Å². The predicted octanol–water partition coefficient (Wildman–Crippen LogP) is 4.68. The number of halogens is 5. The van der Waals surface area contributed by atoms with Crippen LogP contribution in [0.5, 0.6) is 0 Å². The lowest BCUT2D eigenvalue weighted by molar-refractivity contribution is -0.289. The minimum absolute atomic E-state index is 0.508. The molecule has 0 atom stereocenters. The van der Waals surface area contributed by atoms with E-state index in [1.165, 1.54) is 6.07 Å². The lowest BCUT2D eigenvalue weighted by atomic mass is 10.0. The number of unbranched alkanes of at least 4 members (excludes halogenated alkanes) is 1. The van der Waals surface area contributed by atoms with Crippen molar-refractivity contribution in [2.75, 3.05) is 0 Å². The minimum Gasteiger partial charge on any atom is -0.191 e. The molecular weight excluding hydrogens is 239 g/mol. The first-order valence-electron chi connectivity index (χ1n) is 5.33. The number of hydrogen-bond donors (Lipinski definition) is 0. The molecule has 0 amide bonds. The highest BCUT2D eigenvalue weighted by Crippen LogP contribution is 2.43. The summed E-state index contributed by atoms with van der Waals surface area (Å²) in [6.07, 6.45) is -3.41. The van der Waals surface area contributed by atoms with Gasteiger partial charge in [0.2, 0.25) is 0 Å². The van der Waals surface area contributed by atoms with Gasteiger partial charge in [-0.2, -0.15) is 22.0 Å². The molecule has 0 fully saturated rings. The molecule has 0 radical (unpaired) electrons. The Balaban J connectivity index is 2.99. The quantitative estimate of drug-likeness (QED) is 0.682. The standard InChI is InChI=1S/C12H13F5/c1-2-3-5-9-6-4-7-10(8-9)11(13,14)12(15,16)17/h4,6-8H,2-3,5H2,1H3. The molecule has 17 heavy (non-hydrogen) atoms. The highest BCUT2D eigenvalue weighted by Gasteiger charge is 2.58. The van der Waals surface area contributed by atoms with Crippen LogP contribution in [0.1, 0.15) is 30.9 Å². The third kappa shape index (κ3) is 3.17. The summed E-state index contributed by atoms with van der Waals surface area (Å²) in [6.45, 7) is 1.92. The van der Waals surface area contributed by atoms with E-state index in [0.29, 0.717) is 12.0 Å². The largest absolute Gasteiger partial charge is 0.458 e. The molecule has 0 aliphatic rings. The van der Waals surface area contributed by atoms with Gasteiger partial charge in [0.25, 0.3) is 0 Å². The molecule has 0 aromatic heterocycles. The average Bonchev–Trinajstić information content (AvgIpc) is 2.25. The Morgan fingerprint density at radius 1 is 1.06 bits per heavy atom. The van der Waals surface area contributed by atoms with Crippen molar-refractivity contribution in [2.45, 2.75) is 38.3 Å². The zero-order valence-electron chi connectivity index (χ0n) is 9.32. The second kappa shape index (κ2) is 5.02. The third-order valence-electron chi connectivity index (χ3n) is 2.46. The number of aryl methyl sites for hydroxylation is 1. The topological polar surface area (TPSA) is 0 Å². The van der Waals surface area contributed by atoms with E-state index >= 15 is 0 Å². The number of hydrogen-bond acceptors (Lipinski definition) is 0. The summed E-state index contributed by atoms with van der Waals surface area (Å²) in [5.74, 6) is -4.78. The van der Waals surface area contributed by atoms with E-state index in [4.69, 9.17) is 0 Å². The molecule has 0 saturated heterocycles. The van der Waals surface area contributed by atoms with Gasteiger partial charge in [-0.3, -0.25) is 0 Å². The molecule has 0 heterocycles. The first-order valence-corrected chi connectivity index (χ1v) is 5.33. The van der Waals surface area contributed by atoms with Crippen molar-refractivity contribution in [3.05, 3.63) is 35.4 Å². The molecule has 0 aliphatic heterocycles. The molecule has 0 unspecified atom stereocenters. The predicted molar refractivity (Wildman–Crippen MR) is 55.0 cm³/mol. The van der Waals surface area contributed by atoms with Crippen LogP contribution in [0.3, 0.4) is 0 Å². The molecule has 0 spiro atoms. The fourth-order valence-electron chi connectivity index (χ4n) is 1.47. The van der Waals surface area contributed by atoms with Gasteiger partial charge in [-0.25, -0.2) is 0 Å². The zero-order chi connectivity index (χ0) is 13.1. The normalized spacial score (nSPS) is 12.8. The van der Waals surface area contributed by atoms with Crippen molar-refractivity contribution in [2.24, 2.45) is 0 Å². The van der Waals surface area contributed by atoms with Gasteiger partial charge in [-0.15, -0.1) is 0 Å². The average molecular weight is 252 g/mol. The molecule has 96 valence electrons. The number of rotatable bonds is 4. The fraction of sp³-hybridized carbons (Fsp3) is 0.500. The van der Waals surface area contributed by atoms with Crippen LogP contribution in [0.2, 0.25) is 0 Å². The summed E-state index contributed by atoms with van der Waals surface area (Å²) in [4.78, 5) is 0. The van der Waals surface area contributed by atoms with Gasteiger partial charge in [0.1, 0.15) is 0 Å². The van der Waals surface area contributed by atoms with Crippen LogP contribution in [0, 0.1) is 0 Å². The van der Waals surface area contributed by atoms with Crippen molar-refractivity contribution in [1.29, 1.82) is 0 Å². The van der Waals surface area contributed by atoms with Crippen LogP contribution in [-0.2, 0) is 12.3 Å². The summed E-state index contributed by atoms with van der Waals surface area (Å²) >= 11 is 0. The maximum atomic E-state index is 13.0. The Kier molecular flexibility index (Phi) is 4.11. The molecule has 5 heteroatoms. The van der Waals surface area contributed by atoms with Gasteiger partial charge in [0.05, 0.1) is 0 Å². The summed E-state index contributed by atoms with van der Waals surface area (Å²) in [6, 6.07) is 4.54.